The third-order valence-electron chi connectivity index (χ3n) is 3.97. The minimum absolute atomic E-state index is 0.294. The SMILES string of the molecule is CCC(NC(C)c1cc2ccccc2o1)C1CC1. The van der Waals surface area contributed by atoms with Crippen LogP contribution in [0.3, 0.4) is 0 Å². The molecule has 1 aromatic heterocycles. The summed E-state index contributed by atoms with van der Waals surface area (Å²) in [5.74, 6) is 1.94. The summed E-state index contributed by atoms with van der Waals surface area (Å²) in [4.78, 5) is 0. The molecule has 0 aliphatic heterocycles. The molecule has 1 N–H and O–H groups in total. The van der Waals surface area contributed by atoms with Crippen molar-refractivity contribution in [3.63, 3.8) is 0 Å². The molecule has 18 heavy (non-hydrogen) atoms. The maximum Gasteiger partial charge on any atom is 0.134 e. The molecule has 0 saturated heterocycles. The highest BCUT2D eigenvalue weighted by Gasteiger charge is 2.31. The lowest BCUT2D eigenvalue weighted by molar-refractivity contribution is 0.367. The van der Waals surface area contributed by atoms with E-state index in [2.05, 4.69) is 37.4 Å². The number of hydrogen-bond acceptors (Lipinski definition) is 2. The maximum atomic E-state index is 5.91. The lowest BCUT2D eigenvalue weighted by Crippen LogP contribution is -2.32. The summed E-state index contributed by atoms with van der Waals surface area (Å²) >= 11 is 0. The maximum absolute atomic E-state index is 5.91. The van der Waals surface area contributed by atoms with Crippen LogP contribution in [0.4, 0.5) is 0 Å². The molecule has 1 aliphatic carbocycles. The van der Waals surface area contributed by atoms with Gasteiger partial charge in [-0.15, -0.1) is 0 Å². The summed E-state index contributed by atoms with van der Waals surface area (Å²) in [5, 5.41) is 4.91. The van der Waals surface area contributed by atoms with E-state index in [-0.39, 0.29) is 0 Å². The number of para-hydroxylation sites is 1. The van der Waals surface area contributed by atoms with Crippen molar-refractivity contribution in [2.45, 2.75) is 45.2 Å². The second-order valence-electron chi connectivity index (χ2n) is 5.43. The van der Waals surface area contributed by atoms with Crippen LogP contribution in [0.15, 0.2) is 34.7 Å². The van der Waals surface area contributed by atoms with Gasteiger partial charge in [-0.1, -0.05) is 25.1 Å². The third kappa shape index (κ3) is 2.30. The van der Waals surface area contributed by atoms with Gasteiger partial charge in [-0.05, 0) is 44.2 Å². The van der Waals surface area contributed by atoms with Crippen LogP contribution in [0, 0.1) is 5.92 Å². The van der Waals surface area contributed by atoms with E-state index in [1.54, 1.807) is 0 Å². The highest BCUT2D eigenvalue weighted by atomic mass is 16.3. The van der Waals surface area contributed by atoms with Crippen LogP contribution in [0.5, 0.6) is 0 Å². The van der Waals surface area contributed by atoms with Gasteiger partial charge >= 0.3 is 0 Å². The van der Waals surface area contributed by atoms with E-state index in [1.165, 1.54) is 24.6 Å². The van der Waals surface area contributed by atoms with Crippen molar-refractivity contribution in [3.8, 4) is 0 Å². The third-order valence-corrected chi connectivity index (χ3v) is 3.97. The molecule has 1 aromatic carbocycles. The number of benzene rings is 1. The van der Waals surface area contributed by atoms with Gasteiger partial charge in [0.1, 0.15) is 11.3 Å². The molecule has 1 fully saturated rings. The molecule has 1 aliphatic rings. The fraction of sp³-hybridized carbons (Fsp3) is 0.500. The Kier molecular flexibility index (Phi) is 3.13. The number of fused-ring (bicyclic) bond motifs is 1. The van der Waals surface area contributed by atoms with Gasteiger partial charge in [0.05, 0.1) is 6.04 Å². The van der Waals surface area contributed by atoms with Crippen molar-refractivity contribution in [2.75, 3.05) is 0 Å². The van der Waals surface area contributed by atoms with Gasteiger partial charge < -0.3 is 9.73 Å². The Morgan fingerprint density at radius 1 is 1.33 bits per heavy atom. The number of hydrogen-bond donors (Lipinski definition) is 1. The van der Waals surface area contributed by atoms with Crippen LogP contribution in [0.1, 0.15) is 44.9 Å². The number of rotatable bonds is 5. The van der Waals surface area contributed by atoms with Gasteiger partial charge in [-0.25, -0.2) is 0 Å². The molecule has 0 radical (unpaired) electrons. The minimum atomic E-state index is 0.294. The van der Waals surface area contributed by atoms with Crippen molar-refractivity contribution in [1.29, 1.82) is 0 Å². The monoisotopic (exact) mass is 243 g/mol. The molecule has 3 rings (SSSR count). The Morgan fingerprint density at radius 3 is 2.78 bits per heavy atom. The van der Waals surface area contributed by atoms with Crippen LogP contribution < -0.4 is 5.32 Å². The molecule has 0 amide bonds. The van der Waals surface area contributed by atoms with E-state index < -0.39 is 0 Å². The van der Waals surface area contributed by atoms with E-state index in [0.717, 1.165) is 17.3 Å². The second kappa shape index (κ2) is 4.77. The lowest BCUT2D eigenvalue weighted by Gasteiger charge is -2.20. The van der Waals surface area contributed by atoms with Gasteiger partial charge in [0.25, 0.3) is 0 Å². The zero-order valence-corrected chi connectivity index (χ0v) is 11.1. The Hall–Kier alpha value is -1.28. The molecule has 0 bridgehead atoms. The molecule has 2 unspecified atom stereocenters. The first-order chi connectivity index (χ1) is 8.78. The number of nitrogens with one attached hydrogen (secondary N) is 1. The standard InChI is InChI=1S/C16H21NO/c1-3-14(12-8-9-12)17-11(2)16-10-13-6-4-5-7-15(13)18-16/h4-7,10-12,14,17H,3,8-9H2,1-2H3. The Morgan fingerprint density at radius 2 is 2.11 bits per heavy atom. The first-order valence-electron chi connectivity index (χ1n) is 7.02. The number of furan rings is 1. The summed E-state index contributed by atoms with van der Waals surface area (Å²) in [5.41, 5.74) is 0.987. The molecule has 2 nitrogen and oxygen atoms in total. The predicted molar refractivity (Wildman–Crippen MR) is 74.6 cm³/mol. The van der Waals surface area contributed by atoms with E-state index in [1.807, 2.05) is 12.1 Å². The Labute approximate surface area is 108 Å². The van der Waals surface area contributed by atoms with Crippen LogP contribution in [-0.2, 0) is 0 Å². The topological polar surface area (TPSA) is 25.2 Å². The van der Waals surface area contributed by atoms with E-state index in [4.69, 9.17) is 4.42 Å². The van der Waals surface area contributed by atoms with Gasteiger partial charge in [0.15, 0.2) is 0 Å². The van der Waals surface area contributed by atoms with Crippen molar-refractivity contribution in [3.05, 3.63) is 36.1 Å². The molecule has 2 atom stereocenters. The predicted octanol–water partition coefficient (Wildman–Crippen LogP) is 4.27. The van der Waals surface area contributed by atoms with E-state index >= 15 is 0 Å². The van der Waals surface area contributed by atoms with Crippen LogP contribution >= 0.6 is 0 Å². The first kappa shape index (κ1) is 11.8. The average Bonchev–Trinajstić information content (AvgIpc) is 3.13. The molecule has 1 saturated carbocycles. The largest absolute Gasteiger partial charge is 0.459 e. The summed E-state index contributed by atoms with van der Waals surface area (Å²) in [7, 11) is 0. The van der Waals surface area contributed by atoms with Crippen LogP contribution in [0.2, 0.25) is 0 Å². The zero-order chi connectivity index (χ0) is 12.5. The highest BCUT2D eigenvalue weighted by molar-refractivity contribution is 5.77. The summed E-state index contributed by atoms with van der Waals surface area (Å²) < 4.78 is 5.91. The fourth-order valence-electron chi connectivity index (χ4n) is 2.70. The van der Waals surface area contributed by atoms with Crippen LogP contribution in [0.25, 0.3) is 11.0 Å². The van der Waals surface area contributed by atoms with Crippen LogP contribution in [-0.4, -0.2) is 6.04 Å². The van der Waals surface area contributed by atoms with Gasteiger partial charge in [0.2, 0.25) is 0 Å². The Balaban J connectivity index is 1.76. The molecular formula is C16H21NO. The second-order valence-corrected chi connectivity index (χ2v) is 5.43. The quantitative estimate of drug-likeness (QED) is 0.848. The Bertz CT molecular complexity index is 494. The smallest absolute Gasteiger partial charge is 0.134 e. The molecule has 1 heterocycles. The van der Waals surface area contributed by atoms with Crippen molar-refractivity contribution in [2.24, 2.45) is 5.92 Å². The van der Waals surface area contributed by atoms with Crippen molar-refractivity contribution in [1.82, 2.24) is 5.32 Å². The highest BCUT2D eigenvalue weighted by Crippen LogP contribution is 2.35. The molecule has 96 valence electrons. The fourth-order valence-corrected chi connectivity index (χ4v) is 2.70. The van der Waals surface area contributed by atoms with Crippen molar-refractivity contribution >= 4 is 11.0 Å². The van der Waals surface area contributed by atoms with Crippen molar-refractivity contribution < 1.29 is 4.42 Å². The normalized spacial score (nSPS) is 19.0. The van der Waals surface area contributed by atoms with Gasteiger partial charge in [0, 0.05) is 11.4 Å². The molecule has 2 aromatic rings. The summed E-state index contributed by atoms with van der Waals surface area (Å²) in [6.45, 7) is 4.46. The van der Waals surface area contributed by atoms with E-state index in [0.29, 0.717) is 12.1 Å². The molecule has 2 heteroatoms. The van der Waals surface area contributed by atoms with E-state index in [9.17, 15) is 0 Å². The van der Waals surface area contributed by atoms with Gasteiger partial charge in [-0.2, -0.15) is 0 Å². The summed E-state index contributed by atoms with van der Waals surface area (Å²) in [6, 6.07) is 11.3. The first-order valence-corrected chi connectivity index (χ1v) is 7.02. The minimum Gasteiger partial charge on any atom is -0.459 e. The molecule has 0 spiro atoms. The average molecular weight is 243 g/mol. The lowest BCUT2D eigenvalue weighted by atomic mass is 10.1. The zero-order valence-electron chi connectivity index (χ0n) is 11.1. The summed E-state index contributed by atoms with van der Waals surface area (Å²) in [6.07, 6.45) is 3.98. The van der Waals surface area contributed by atoms with Gasteiger partial charge in [-0.3, -0.25) is 0 Å². The molecular weight excluding hydrogens is 222 g/mol.